The predicted molar refractivity (Wildman–Crippen MR) is 143 cm³/mol. The van der Waals surface area contributed by atoms with Crippen LogP contribution in [0.2, 0.25) is 25.7 Å². The Hall–Kier alpha value is -2.73. The summed E-state index contributed by atoms with van der Waals surface area (Å²) in [6.45, 7) is 11.0. The Balaban J connectivity index is 1.48. The Morgan fingerprint density at radius 3 is 2.64 bits per heavy atom. The fourth-order valence-electron chi connectivity index (χ4n) is 3.83. The van der Waals surface area contributed by atoms with Gasteiger partial charge in [-0.05, 0) is 23.7 Å². The van der Waals surface area contributed by atoms with E-state index in [-0.39, 0.29) is 5.91 Å². The highest BCUT2D eigenvalue weighted by atomic mass is 32.2. The lowest BCUT2D eigenvalue weighted by Crippen LogP contribution is -2.30. The summed E-state index contributed by atoms with van der Waals surface area (Å²) >= 11 is 1.59. The molecule has 0 radical (unpaired) electrons. The van der Waals surface area contributed by atoms with E-state index in [1.165, 1.54) is 0 Å². The third-order valence-electron chi connectivity index (χ3n) is 5.86. The molecular weight excluding hydrogens is 492 g/mol. The van der Waals surface area contributed by atoms with E-state index < -0.39 is 8.07 Å². The van der Waals surface area contributed by atoms with Crippen LogP contribution in [0.15, 0.2) is 52.9 Å². The van der Waals surface area contributed by atoms with Gasteiger partial charge < -0.3 is 18.9 Å². The number of nitrogens with zero attached hydrogens (tertiary/aromatic N) is 6. The van der Waals surface area contributed by atoms with E-state index in [2.05, 4.69) is 52.8 Å². The Bertz CT molecular complexity index is 1200. The van der Waals surface area contributed by atoms with Gasteiger partial charge in [0, 0.05) is 64.9 Å². The maximum atomic E-state index is 12.6. The van der Waals surface area contributed by atoms with Crippen molar-refractivity contribution in [3.8, 4) is 0 Å². The summed E-state index contributed by atoms with van der Waals surface area (Å²) in [5.41, 5.74) is 2.01. The monoisotopic (exact) mass is 526 g/mol. The molecule has 9 nitrogen and oxygen atoms in total. The first-order valence-electron chi connectivity index (χ1n) is 12.0. The van der Waals surface area contributed by atoms with Gasteiger partial charge in [0.25, 0.3) is 0 Å². The molecule has 1 aliphatic heterocycles. The average molecular weight is 527 g/mol. The summed E-state index contributed by atoms with van der Waals surface area (Å²) in [5.74, 6) is 1.56. The van der Waals surface area contributed by atoms with Crippen molar-refractivity contribution in [1.29, 1.82) is 0 Å². The minimum atomic E-state index is -1.14. The van der Waals surface area contributed by atoms with Crippen LogP contribution in [0.25, 0.3) is 0 Å². The zero-order valence-corrected chi connectivity index (χ0v) is 23.4. The van der Waals surface area contributed by atoms with Crippen LogP contribution in [0.4, 0.5) is 11.5 Å². The fourth-order valence-corrected chi connectivity index (χ4v) is 5.57. The normalized spacial score (nSPS) is 12.9. The first-order chi connectivity index (χ1) is 17.2. The van der Waals surface area contributed by atoms with Gasteiger partial charge in [0.1, 0.15) is 24.3 Å². The Morgan fingerprint density at radius 1 is 1.08 bits per heavy atom. The standard InChI is InChI=1S/C25H34N6O3SSi/c1-19(32)30(16-23-26-10-11-29(23)17-34-12-13-36(3,4)5)15-20-6-7-22-21(14-20)31(18-33-2)24-25(35-22)28-9-8-27-24/h6-11,14H,12-13,15-18H2,1-5H3. The van der Waals surface area contributed by atoms with Crippen LogP contribution < -0.4 is 4.90 Å². The third-order valence-corrected chi connectivity index (χ3v) is 8.61. The summed E-state index contributed by atoms with van der Waals surface area (Å²) < 4.78 is 13.3. The van der Waals surface area contributed by atoms with Gasteiger partial charge in [0.2, 0.25) is 5.91 Å². The number of benzene rings is 1. The van der Waals surface area contributed by atoms with Crippen molar-refractivity contribution in [3.05, 3.63) is 54.4 Å². The smallest absolute Gasteiger partial charge is 0.220 e. The van der Waals surface area contributed by atoms with Crippen LogP contribution in [0.3, 0.4) is 0 Å². The number of methoxy groups -OCH3 is 1. The number of carbonyl (C=O) groups excluding carboxylic acids is 1. The number of fused-ring (bicyclic) bond motifs is 2. The maximum absolute atomic E-state index is 12.6. The van der Waals surface area contributed by atoms with Crippen LogP contribution in [-0.2, 0) is 34.1 Å². The number of hydrogen-bond donors (Lipinski definition) is 0. The zero-order chi connectivity index (χ0) is 25.7. The van der Waals surface area contributed by atoms with Gasteiger partial charge in [-0.3, -0.25) is 9.69 Å². The number of rotatable bonds is 11. The largest absolute Gasteiger partial charge is 0.364 e. The van der Waals surface area contributed by atoms with E-state index in [0.717, 1.165) is 45.5 Å². The summed E-state index contributed by atoms with van der Waals surface area (Å²) in [6.07, 6.45) is 7.04. The molecule has 1 aromatic carbocycles. The molecule has 4 rings (SSSR count). The fraction of sp³-hybridized carbons (Fsp3) is 0.440. The number of imidazole rings is 1. The molecule has 2 aromatic heterocycles. The lowest BCUT2D eigenvalue weighted by atomic mass is 10.1. The quantitative estimate of drug-likeness (QED) is 0.262. The van der Waals surface area contributed by atoms with Gasteiger partial charge in [-0.1, -0.05) is 37.5 Å². The van der Waals surface area contributed by atoms with Gasteiger partial charge in [-0.25, -0.2) is 15.0 Å². The van der Waals surface area contributed by atoms with Crippen molar-refractivity contribution in [3.63, 3.8) is 0 Å². The van der Waals surface area contributed by atoms with Crippen molar-refractivity contribution in [2.75, 3.05) is 25.3 Å². The number of hydrogen-bond acceptors (Lipinski definition) is 8. The second-order valence-electron chi connectivity index (χ2n) is 9.97. The molecule has 0 bridgehead atoms. The van der Waals surface area contributed by atoms with Crippen molar-refractivity contribution in [1.82, 2.24) is 24.4 Å². The van der Waals surface area contributed by atoms with E-state index >= 15 is 0 Å². The van der Waals surface area contributed by atoms with Gasteiger partial charge in [0.15, 0.2) is 5.82 Å². The predicted octanol–water partition coefficient (Wildman–Crippen LogP) is 4.74. The molecule has 0 saturated carbocycles. The molecule has 1 aliphatic rings. The molecule has 0 N–H and O–H groups in total. The highest BCUT2D eigenvalue weighted by molar-refractivity contribution is 7.99. The maximum Gasteiger partial charge on any atom is 0.220 e. The van der Waals surface area contributed by atoms with Gasteiger partial charge in [-0.2, -0.15) is 0 Å². The Morgan fingerprint density at radius 2 is 1.89 bits per heavy atom. The molecule has 0 unspecified atom stereocenters. The average Bonchev–Trinajstić information content (AvgIpc) is 3.28. The van der Waals surface area contributed by atoms with E-state index in [0.29, 0.717) is 26.6 Å². The number of carbonyl (C=O) groups is 1. The van der Waals surface area contributed by atoms with E-state index in [1.807, 2.05) is 15.7 Å². The molecule has 11 heteroatoms. The van der Waals surface area contributed by atoms with Crippen LogP contribution in [0.1, 0.15) is 18.3 Å². The van der Waals surface area contributed by atoms with E-state index in [9.17, 15) is 4.79 Å². The van der Waals surface area contributed by atoms with Gasteiger partial charge in [-0.15, -0.1) is 0 Å². The molecule has 0 aliphatic carbocycles. The van der Waals surface area contributed by atoms with Gasteiger partial charge >= 0.3 is 0 Å². The number of amides is 1. The second-order valence-corrected chi connectivity index (χ2v) is 16.6. The molecule has 0 spiro atoms. The molecule has 192 valence electrons. The van der Waals surface area contributed by atoms with Crippen molar-refractivity contribution < 1.29 is 14.3 Å². The summed E-state index contributed by atoms with van der Waals surface area (Å²) in [7, 11) is 0.522. The summed E-state index contributed by atoms with van der Waals surface area (Å²) in [6, 6.07) is 7.34. The summed E-state index contributed by atoms with van der Waals surface area (Å²) in [4.78, 5) is 30.9. The van der Waals surface area contributed by atoms with E-state index in [4.69, 9.17) is 9.47 Å². The lowest BCUT2D eigenvalue weighted by molar-refractivity contribution is -0.130. The topological polar surface area (TPSA) is 85.6 Å². The molecule has 3 heterocycles. The van der Waals surface area contributed by atoms with Crippen molar-refractivity contribution in [2.24, 2.45) is 0 Å². The van der Waals surface area contributed by atoms with Gasteiger partial charge in [0.05, 0.1) is 12.2 Å². The second kappa shape index (κ2) is 11.5. The SMILES string of the molecule is COCN1c2cc(CN(Cc3nccn3COCC[Si](C)(C)C)C(C)=O)ccc2Sc2nccnc21. The molecule has 0 saturated heterocycles. The lowest BCUT2D eigenvalue weighted by Gasteiger charge is -2.31. The molecule has 3 aromatic rings. The first kappa shape index (κ1) is 26.3. The Kier molecular flexibility index (Phi) is 8.45. The first-order valence-corrected chi connectivity index (χ1v) is 16.5. The minimum absolute atomic E-state index is 0.0127. The molecule has 0 atom stereocenters. The van der Waals surface area contributed by atoms with Crippen LogP contribution in [0, 0.1) is 0 Å². The minimum Gasteiger partial charge on any atom is -0.364 e. The molecular formula is C25H34N6O3SSi. The number of aromatic nitrogens is 4. The number of anilines is 2. The van der Waals surface area contributed by atoms with Crippen molar-refractivity contribution >= 4 is 37.2 Å². The molecule has 0 fully saturated rings. The molecule has 36 heavy (non-hydrogen) atoms. The van der Waals surface area contributed by atoms with Crippen LogP contribution >= 0.6 is 11.8 Å². The Labute approximate surface area is 217 Å². The number of ether oxygens (including phenoxy) is 2. The third kappa shape index (κ3) is 6.52. The zero-order valence-electron chi connectivity index (χ0n) is 21.6. The van der Waals surface area contributed by atoms with Crippen LogP contribution in [-0.4, -0.2) is 58.8 Å². The molecule has 1 amide bonds. The van der Waals surface area contributed by atoms with E-state index in [1.54, 1.807) is 49.3 Å². The van der Waals surface area contributed by atoms with Crippen molar-refractivity contribution in [2.45, 2.75) is 62.4 Å². The highest BCUT2D eigenvalue weighted by Gasteiger charge is 2.26. The van der Waals surface area contributed by atoms with Crippen LogP contribution in [0.5, 0.6) is 0 Å². The summed E-state index contributed by atoms with van der Waals surface area (Å²) in [5, 5.41) is 0.846. The highest BCUT2D eigenvalue weighted by Crippen LogP contribution is 2.46.